The van der Waals surface area contributed by atoms with E-state index in [1.165, 1.54) is 0 Å². The fourth-order valence-electron chi connectivity index (χ4n) is 1.74. The molecule has 1 aromatic carbocycles. The first-order valence-electron chi connectivity index (χ1n) is 6.31. The van der Waals surface area contributed by atoms with E-state index in [9.17, 15) is 0 Å². The largest absolute Gasteiger partial charge is 0.441 e. The molecule has 0 saturated carbocycles. The SMILES string of the molecule is CCCNCCc1ncc(-c2ccc(Cl)cc2Br)o1. The van der Waals surface area contributed by atoms with Crippen LogP contribution in [-0.2, 0) is 6.42 Å². The van der Waals surface area contributed by atoms with E-state index in [-0.39, 0.29) is 0 Å². The van der Waals surface area contributed by atoms with Crippen LogP contribution in [-0.4, -0.2) is 18.1 Å². The van der Waals surface area contributed by atoms with Crippen LogP contribution in [0.25, 0.3) is 11.3 Å². The minimum absolute atomic E-state index is 0.694. The predicted molar refractivity (Wildman–Crippen MR) is 81.5 cm³/mol. The Bertz CT molecular complexity index is 542. The van der Waals surface area contributed by atoms with Gasteiger partial charge < -0.3 is 9.73 Å². The summed E-state index contributed by atoms with van der Waals surface area (Å²) in [5.41, 5.74) is 0.963. The highest BCUT2D eigenvalue weighted by molar-refractivity contribution is 9.10. The summed E-state index contributed by atoms with van der Waals surface area (Å²) in [6, 6.07) is 5.61. The Morgan fingerprint density at radius 3 is 2.95 bits per heavy atom. The van der Waals surface area contributed by atoms with Crippen LogP contribution in [0.3, 0.4) is 0 Å². The van der Waals surface area contributed by atoms with Gasteiger partial charge in [0.15, 0.2) is 11.7 Å². The molecule has 0 aliphatic carbocycles. The minimum atomic E-state index is 0.694. The molecule has 2 rings (SSSR count). The molecule has 0 aliphatic heterocycles. The molecule has 0 saturated heterocycles. The van der Waals surface area contributed by atoms with Gasteiger partial charge in [0.2, 0.25) is 0 Å². The molecule has 1 aromatic heterocycles. The Hall–Kier alpha value is -0.840. The van der Waals surface area contributed by atoms with E-state index in [1.54, 1.807) is 6.20 Å². The Labute approximate surface area is 126 Å². The van der Waals surface area contributed by atoms with Crippen molar-refractivity contribution in [3.63, 3.8) is 0 Å². The predicted octanol–water partition coefficient (Wildman–Crippen LogP) is 4.30. The van der Waals surface area contributed by atoms with Crippen LogP contribution in [0.1, 0.15) is 19.2 Å². The highest BCUT2D eigenvalue weighted by Crippen LogP contribution is 2.30. The molecule has 0 radical (unpaired) electrons. The van der Waals surface area contributed by atoms with E-state index in [1.807, 2.05) is 18.2 Å². The average molecular weight is 344 g/mol. The molecule has 0 bridgehead atoms. The van der Waals surface area contributed by atoms with Crippen LogP contribution in [0.15, 0.2) is 33.3 Å². The first kappa shape index (κ1) is 14.6. The molecule has 0 spiro atoms. The third-order valence-corrected chi connectivity index (χ3v) is 3.58. The van der Waals surface area contributed by atoms with E-state index in [0.717, 1.165) is 47.6 Å². The average Bonchev–Trinajstić information content (AvgIpc) is 2.83. The van der Waals surface area contributed by atoms with Crippen molar-refractivity contribution in [2.45, 2.75) is 19.8 Å². The molecule has 1 heterocycles. The number of hydrogen-bond acceptors (Lipinski definition) is 3. The molecule has 5 heteroatoms. The number of rotatable bonds is 6. The third-order valence-electron chi connectivity index (χ3n) is 2.69. The van der Waals surface area contributed by atoms with Crippen molar-refractivity contribution in [2.24, 2.45) is 0 Å². The number of halogens is 2. The molecule has 3 nitrogen and oxygen atoms in total. The summed E-state index contributed by atoms with van der Waals surface area (Å²) in [7, 11) is 0. The number of nitrogens with one attached hydrogen (secondary N) is 1. The van der Waals surface area contributed by atoms with Gasteiger partial charge in [-0.2, -0.15) is 0 Å². The third kappa shape index (κ3) is 4.06. The Morgan fingerprint density at radius 2 is 2.21 bits per heavy atom. The number of oxazole rings is 1. The van der Waals surface area contributed by atoms with Crippen LogP contribution in [0, 0.1) is 0 Å². The van der Waals surface area contributed by atoms with Gasteiger partial charge in [-0.15, -0.1) is 0 Å². The van der Waals surface area contributed by atoms with Crippen LogP contribution in [0.5, 0.6) is 0 Å². The fraction of sp³-hybridized carbons (Fsp3) is 0.357. The van der Waals surface area contributed by atoms with Gasteiger partial charge in [-0.1, -0.05) is 18.5 Å². The molecule has 102 valence electrons. The maximum absolute atomic E-state index is 5.92. The summed E-state index contributed by atoms with van der Waals surface area (Å²) in [5, 5.41) is 4.02. The second-order valence-corrected chi connectivity index (χ2v) is 5.53. The van der Waals surface area contributed by atoms with Gasteiger partial charge in [0.25, 0.3) is 0 Å². The summed E-state index contributed by atoms with van der Waals surface area (Å²) in [4.78, 5) is 4.29. The molecular formula is C14H16BrClN2O. The van der Waals surface area contributed by atoms with Gasteiger partial charge in [-0.25, -0.2) is 4.98 Å². The highest BCUT2D eigenvalue weighted by Gasteiger charge is 2.09. The van der Waals surface area contributed by atoms with E-state index in [0.29, 0.717) is 5.02 Å². The van der Waals surface area contributed by atoms with Crippen LogP contribution in [0.4, 0.5) is 0 Å². The molecule has 1 N–H and O–H groups in total. The summed E-state index contributed by atoms with van der Waals surface area (Å²) in [6.45, 7) is 4.06. The molecule has 0 unspecified atom stereocenters. The maximum atomic E-state index is 5.92. The van der Waals surface area contributed by atoms with E-state index in [2.05, 4.69) is 33.2 Å². The summed E-state index contributed by atoms with van der Waals surface area (Å²) < 4.78 is 6.66. The summed E-state index contributed by atoms with van der Waals surface area (Å²) in [5.74, 6) is 1.51. The summed E-state index contributed by atoms with van der Waals surface area (Å²) >= 11 is 9.41. The van der Waals surface area contributed by atoms with Crippen LogP contribution in [0.2, 0.25) is 5.02 Å². The number of benzene rings is 1. The van der Waals surface area contributed by atoms with Crippen LogP contribution >= 0.6 is 27.5 Å². The molecular weight excluding hydrogens is 328 g/mol. The quantitative estimate of drug-likeness (QED) is 0.795. The zero-order valence-electron chi connectivity index (χ0n) is 10.7. The second kappa shape index (κ2) is 7.08. The lowest BCUT2D eigenvalue weighted by Crippen LogP contribution is -2.17. The minimum Gasteiger partial charge on any atom is -0.441 e. The molecule has 0 fully saturated rings. The van der Waals surface area contributed by atoms with Gasteiger partial charge in [-0.3, -0.25) is 0 Å². The Balaban J connectivity index is 2.04. The normalized spacial score (nSPS) is 10.9. The standard InChI is InChI=1S/C14H16BrClN2O/c1-2-6-17-7-5-14-18-9-13(19-14)11-4-3-10(16)8-12(11)15/h3-4,8-9,17H,2,5-7H2,1H3. The Kier molecular flexibility index (Phi) is 5.43. The van der Waals surface area contributed by atoms with Crippen molar-refractivity contribution in [2.75, 3.05) is 13.1 Å². The van der Waals surface area contributed by atoms with Crippen molar-refractivity contribution < 1.29 is 4.42 Å². The van der Waals surface area contributed by atoms with Crippen LogP contribution < -0.4 is 5.32 Å². The molecule has 2 aromatic rings. The van der Waals surface area contributed by atoms with Crippen molar-refractivity contribution in [1.82, 2.24) is 10.3 Å². The fourth-order valence-corrected chi connectivity index (χ4v) is 2.61. The van der Waals surface area contributed by atoms with Crippen molar-refractivity contribution in [1.29, 1.82) is 0 Å². The van der Waals surface area contributed by atoms with Gasteiger partial charge in [0.05, 0.1) is 6.20 Å². The number of nitrogens with zero attached hydrogens (tertiary/aromatic N) is 1. The van der Waals surface area contributed by atoms with Crippen molar-refractivity contribution >= 4 is 27.5 Å². The molecule has 0 aliphatic rings. The second-order valence-electron chi connectivity index (χ2n) is 4.24. The van der Waals surface area contributed by atoms with Crippen molar-refractivity contribution in [3.05, 3.63) is 39.8 Å². The number of hydrogen-bond donors (Lipinski definition) is 1. The smallest absolute Gasteiger partial charge is 0.196 e. The molecule has 0 amide bonds. The van der Waals surface area contributed by atoms with Crippen molar-refractivity contribution in [3.8, 4) is 11.3 Å². The molecule has 0 atom stereocenters. The first-order valence-corrected chi connectivity index (χ1v) is 7.48. The maximum Gasteiger partial charge on any atom is 0.196 e. The van der Waals surface area contributed by atoms with Gasteiger partial charge in [0.1, 0.15) is 0 Å². The van der Waals surface area contributed by atoms with E-state index < -0.39 is 0 Å². The Morgan fingerprint density at radius 1 is 1.37 bits per heavy atom. The molecule has 19 heavy (non-hydrogen) atoms. The first-order chi connectivity index (χ1) is 9.20. The summed E-state index contributed by atoms with van der Waals surface area (Å²) in [6.07, 6.45) is 3.68. The lowest BCUT2D eigenvalue weighted by Gasteiger charge is -2.01. The monoisotopic (exact) mass is 342 g/mol. The zero-order chi connectivity index (χ0) is 13.7. The highest BCUT2D eigenvalue weighted by atomic mass is 79.9. The topological polar surface area (TPSA) is 38.1 Å². The lowest BCUT2D eigenvalue weighted by molar-refractivity contribution is 0.495. The van der Waals surface area contributed by atoms with E-state index >= 15 is 0 Å². The van der Waals surface area contributed by atoms with Gasteiger partial charge >= 0.3 is 0 Å². The number of aromatic nitrogens is 1. The zero-order valence-corrected chi connectivity index (χ0v) is 13.1. The van der Waals surface area contributed by atoms with Gasteiger partial charge in [0, 0.05) is 28.0 Å². The lowest BCUT2D eigenvalue weighted by atomic mass is 10.2. The van der Waals surface area contributed by atoms with Gasteiger partial charge in [-0.05, 0) is 47.1 Å². The van der Waals surface area contributed by atoms with E-state index in [4.69, 9.17) is 16.0 Å².